The molecular formula is C8H7N3O2. The van der Waals surface area contributed by atoms with Crippen molar-refractivity contribution in [2.45, 2.75) is 0 Å². The molecule has 0 fully saturated rings. The zero-order valence-electron chi connectivity index (χ0n) is 6.63. The molecule has 5 nitrogen and oxygen atoms in total. The highest BCUT2D eigenvalue weighted by atomic mass is 16.4. The molecule has 1 heterocycles. The molecule has 0 aliphatic heterocycles. The van der Waals surface area contributed by atoms with Gasteiger partial charge in [0, 0.05) is 0 Å². The van der Waals surface area contributed by atoms with Crippen LogP contribution in [0.1, 0.15) is 5.56 Å². The lowest BCUT2D eigenvalue weighted by Gasteiger charge is -1.96. The van der Waals surface area contributed by atoms with Gasteiger partial charge in [0.25, 0.3) is 0 Å². The average Bonchev–Trinajstić information content (AvgIpc) is 2.43. The van der Waals surface area contributed by atoms with Crippen LogP contribution in [0.25, 0.3) is 11.1 Å². The number of hydrogen-bond donors (Lipinski definition) is 3. The number of aromatic amines is 1. The quantitative estimate of drug-likeness (QED) is 0.434. The van der Waals surface area contributed by atoms with Gasteiger partial charge in [-0.2, -0.15) is 0 Å². The van der Waals surface area contributed by atoms with Gasteiger partial charge in [0.2, 0.25) is 0 Å². The van der Waals surface area contributed by atoms with Crippen molar-refractivity contribution in [1.29, 1.82) is 5.41 Å². The van der Waals surface area contributed by atoms with Gasteiger partial charge in [0.15, 0.2) is 5.58 Å². The molecule has 0 spiro atoms. The number of nitrogens with one attached hydrogen (secondary N) is 2. The molecule has 4 N–H and O–H groups in total. The maximum absolute atomic E-state index is 10.8. The molecular weight excluding hydrogens is 170 g/mol. The summed E-state index contributed by atoms with van der Waals surface area (Å²) >= 11 is 0. The van der Waals surface area contributed by atoms with E-state index in [9.17, 15) is 4.79 Å². The largest absolute Gasteiger partial charge is 0.417 e. The first kappa shape index (κ1) is 7.60. The summed E-state index contributed by atoms with van der Waals surface area (Å²) in [6.45, 7) is 0. The normalized spacial score (nSPS) is 10.5. The lowest BCUT2D eigenvalue weighted by atomic mass is 10.2. The van der Waals surface area contributed by atoms with Gasteiger partial charge in [-0.15, -0.1) is 0 Å². The summed E-state index contributed by atoms with van der Waals surface area (Å²) in [4.78, 5) is 13.3. The smallest absolute Gasteiger partial charge is 0.407 e. The molecule has 66 valence electrons. The van der Waals surface area contributed by atoms with Crippen molar-refractivity contribution in [3.05, 3.63) is 34.3 Å². The minimum Gasteiger partial charge on any atom is -0.407 e. The minimum atomic E-state index is -0.538. The number of H-pyrrole nitrogens is 1. The lowest BCUT2D eigenvalue weighted by molar-refractivity contribution is 0.555. The number of oxazole rings is 1. The molecule has 0 aliphatic carbocycles. The monoisotopic (exact) mass is 177 g/mol. The van der Waals surface area contributed by atoms with E-state index in [0.29, 0.717) is 16.7 Å². The molecule has 0 saturated carbocycles. The van der Waals surface area contributed by atoms with Crippen LogP contribution >= 0.6 is 0 Å². The Bertz CT molecular complexity index is 523. The number of hydrogen-bond acceptors (Lipinski definition) is 3. The van der Waals surface area contributed by atoms with Gasteiger partial charge < -0.3 is 10.2 Å². The SMILES string of the molecule is N=C(N)c1cccc2[nH]c(=O)oc12. The summed E-state index contributed by atoms with van der Waals surface area (Å²) in [5.41, 5.74) is 6.61. The number of fused-ring (bicyclic) bond motifs is 1. The molecule has 0 atom stereocenters. The number of nitrogen functional groups attached to an aromatic ring is 1. The highest BCUT2D eigenvalue weighted by molar-refractivity contribution is 6.04. The number of amidine groups is 1. The van der Waals surface area contributed by atoms with Gasteiger partial charge in [0.05, 0.1) is 11.1 Å². The third-order valence-electron chi connectivity index (χ3n) is 1.74. The van der Waals surface area contributed by atoms with Crippen LogP contribution in [-0.4, -0.2) is 10.8 Å². The molecule has 13 heavy (non-hydrogen) atoms. The fourth-order valence-electron chi connectivity index (χ4n) is 1.19. The van der Waals surface area contributed by atoms with Crippen molar-refractivity contribution < 1.29 is 4.42 Å². The van der Waals surface area contributed by atoms with E-state index in [1.807, 2.05) is 0 Å². The summed E-state index contributed by atoms with van der Waals surface area (Å²) in [5.74, 6) is -0.656. The molecule has 0 amide bonds. The second kappa shape index (κ2) is 2.48. The van der Waals surface area contributed by atoms with Gasteiger partial charge in [-0.1, -0.05) is 6.07 Å². The summed E-state index contributed by atoms with van der Waals surface area (Å²) < 4.78 is 4.83. The Labute approximate surface area is 72.7 Å². The Hall–Kier alpha value is -2.04. The molecule has 1 aromatic heterocycles. The van der Waals surface area contributed by atoms with E-state index in [1.54, 1.807) is 18.2 Å². The maximum atomic E-state index is 10.8. The molecule has 0 saturated heterocycles. The predicted molar refractivity (Wildman–Crippen MR) is 47.9 cm³/mol. The first-order chi connectivity index (χ1) is 6.18. The first-order valence-corrected chi connectivity index (χ1v) is 3.65. The van der Waals surface area contributed by atoms with E-state index in [-0.39, 0.29) is 5.84 Å². The highest BCUT2D eigenvalue weighted by Crippen LogP contribution is 2.14. The van der Waals surface area contributed by atoms with Gasteiger partial charge in [-0.25, -0.2) is 4.79 Å². The van der Waals surface area contributed by atoms with Crippen LogP contribution in [-0.2, 0) is 0 Å². The fourth-order valence-corrected chi connectivity index (χ4v) is 1.19. The lowest BCUT2D eigenvalue weighted by Crippen LogP contribution is -2.10. The first-order valence-electron chi connectivity index (χ1n) is 3.65. The molecule has 1 aromatic carbocycles. The zero-order chi connectivity index (χ0) is 9.42. The summed E-state index contributed by atoms with van der Waals surface area (Å²) in [7, 11) is 0. The third kappa shape index (κ3) is 1.10. The molecule has 0 unspecified atom stereocenters. The standard InChI is InChI=1S/C8H7N3O2/c9-7(10)4-2-1-3-5-6(4)13-8(12)11-5/h1-3H,(H3,9,10)(H,11,12). The van der Waals surface area contributed by atoms with Crippen molar-refractivity contribution >= 4 is 16.9 Å². The molecule has 5 heteroatoms. The van der Waals surface area contributed by atoms with Gasteiger partial charge >= 0.3 is 5.76 Å². The number of rotatable bonds is 1. The van der Waals surface area contributed by atoms with Crippen LogP contribution in [0.3, 0.4) is 0 Å². The topological polar surface area (TPSA) is 95.9 Å². The van der Waals surface area contributed by atoms with Crippen LogP contribution in [0.15, 0.2) is 27.4 Å². The van der Waals surface area contributed by atoms with E-state index in [1.165, 1.54) is 0 Å². The average molecular weight is 177 g/mol. The van der Waals surface area contributed by atoms with Crippen LogP contribution in [0.2, 0.25) is 0 Å². The Kier molecular flexibility index (Phi) is 1.45. The molecule has 0 radical (unpaired) electrons. The second-order valence-corrected chi connectivity index (χ2v) is 2.61. The van der Waals surface area contributed by atoms with E-state index in [4.69, 9.17) is 15.6 Å². The molecule has 2 rings (SSSR count). The number of nitrogens with two attached hydrogens (primary N) is 1. The number of para-hydroxylation sites is 1. The number of benzene rings is 1. The van der Waals surface area contributed by atoms with E-state index in [2.05, 4.69) is 4.98 Å². The van der Waals surface area contributed by atoms with Crippen molar-refractivity contribution in [2.75, 3.05) is 0 Å². The Morgan fingerprint density at radius 3 is 3.00 bits per heavy atom. The van der Waals surface area contributed by atoms with E-state index >= 15 is 0 Å². The summed E-state index contributed by atoms with van der Waals surface area (Å²) in [6.07, 6.45) is 0. The molecule has 0 bridgehead atoms. The highest BCUT2D eigenvalue weighted by Gasteiger charge is 2.07. The molecule has 0 aliphatic rings. The van der Waals surface area contributed by atoms with E-state index in [0.717, 1.165) is 0 Å². The fraction of sp³-hybridized carbons (Fsp3) is 0. The zero-order valence-corrected chi connectivity index (χ0v) is 6.63. The minimum absolute atomic E-state index is 0.117. The Balaban J connectivity index is 2.90. The van der Waals surface area contributed by atoms with Gasteiger partial charge in [0.1, 0.15) is 5.84 Å². The maximum Gasteiger partial charge on any atom is 0.417 e. The van der Waals surface area contributed by atoms with Gasteiger partial charge in [-0.05, 0) is 12.1 Å². The van der Waals surface area contributed by atoms with Crippen LogP contribution in [0.5, 0.6) is 0 Å². The number of aromatic nitrogens is 1. The van der Waals surface area contributed by atoms with Crippen LogP contribution in [0.4, 0.5) is 0 Å². The summed E-state index contributed by atoms with van der Waals surface area (Å²) in [5, 5.41) is 7.23. The van der Waals surface area contributed by atoms with Gasteiger partial charge in [-0.3, -0.25) is 10.4 Å². The van der Waals surface area contributed by atoms with Crippen LogP contribution < -0.4 is 11.5 Å². The van der Waals surface area contributed by atoms with Crippen molar-refractivity contribution in [2.24, 2.45) is 5.73 Å². The predicted octanol–water partition coefficient (Wildman–Crippen LogP) is 0.405. The Morgan fingerprint density at radius 1 is 1.54 bits per heavy atom. The van der Waals surface area contributed by atoms with Crippen molar-refractivity contribution in [3.63, 3.8) is 0 Å². The third-order valence-corrected chi connectivity index (χ3v) is 1.74. The van der Waals surface area contributed by atoms with E-state index < -0.39 is 5.76 Å². The second-order valence-electron chi connectivity index (χ2n) is 2.61. The molecule has 2 aromatic rings. The van der Waals surface area contributed by atoms with Crippen molar-refractivity contribution in [3.8, 4) is 0 Å². The van der Waals surface area contributed by atoms with Crippen molar-refractivity contribution in [1.82, 2.24) is 4.98 Å². The van der Waals surface area contributed by atoms with Crippen LogP contribution in [0, 0.1) is 5.41 Å². The Morgan fingerprint density at radius 2 is 2.31 bits per heavy atom. The summed E-state index contributed by atoms with van der Waals surface area (Å²) in [6, 6.07) is 5.01.